The van der Waals surface area contributed by atoms with Gasteiger partial charge < -0.3 is 24.4 Å². The van der Waals surface area contributed by atoms with Crippen LogP contribution < -0.4 is 9.47 Å². The Bertz CT molecular complexity index is 695. The summed E-state index contributed by atoms with van der Waals surface area (Å²) in [7, 11) is 3.12. The molecular formula is C24H34O5. The largest absolute Gasteiger partial charge is 0.504 e. The molecule has 5 nitrogen and oxygen atoms in total. The van der Waals surface area contributed by atoms with Gasteiger partial charge in [0.25, 0.3) is 0 Å². The first-order chi connectivity index (χ1) is 14.0. The van der Waals surface area contributed by atoms with E-state index in [9.17, 15) is 10.2 Å². The van der Waals surface area contributed by atoms with Gasteiger partial charge in [-0.3, -0.25) is 0 Å². The summed E-state index contributed by atoms with van der Waals surface area (Å²) in [6, 6.07) is 10.9. The van der Waals surface area contributed by atoms with Crippen LogP contribution in [-0.4, -0.2) is 36.6 Å². The Morgan fingerprint density at radius 2 is 1.14 bits per heavy atom. The van der Waals surface area contributed by atoms with Crippen molar-refractivity contribution in [3.8, 4) is 23.0 Å². The number of benzene rings is 2. The lowest BCUT2D eigenvalue weighted by Crippen LogP contribution is -2.26. The van der Waals surface area contributed by atoms with Crippen molar-refractivity contribution in [1.82, 2.24) is 0 Å². The molecular weight excluding hydrogens is 368 g/mol. The van der Waals surface area contributed by atoms with E-state index in [0.717, 1.165) is 49.7 Å². The highest BCUT2D eigenvalue weighted by molar-refractivity contribution is 5.42. The molecule has 2 N–H and O–H groups in total. The summed E-state index contributed by atoms with van der Waals surface area (Å²) in [6.07, 6.45) is 5.70. The van der Waals surface area contributed by atoms with Crippen LogP contribution in [-0.2, 0) is 17.6 Å². The van der Waals surface area contributed by atoms with Crippen LogP contribution in [0.2, 0.25) is 0 Å². The number of hydrogen-bond donors (Lipinski definition) is 2. The van der Waals surface area contributed by atoms with E-state index in [-0.39, 0.29) is 23.7 Å². The lowest BCUT2D eigenvalue weighted by atomic mass is 10.0. The van der Waals surface area contributed by atoms with Crippen molar-refractivity contribution in [2.24, 2.45) is 0 Å². The van der Waals surface area contributed by atoms with Crippen LogP contribution >= 0.6 is 0 Å². The molecule has 0 heterocycles. The lowest BCUT2D eigenvalue weighted by molar-refractivity contribution is -0.0200. The second-order valence-corrected chi connectivity index (χ2v) is 7.38. The molecule has 0 aromatic heterocycles. The zero-order valence-corrected chi connectivity index (χ0v) is 18.0. The summed E-state index contributed by atoms with van der Waals surface area (Å²) in [5, 5.41) is 19.7. The predicted molar refractivity (Wildman–Crippen MR) is 115 cm³/mol. The van der Waals surface area contributed by atoms with Crippen LogP contribution in [0, 0.1) is 0 Å². The van der Waals surface area contributed by atoms with Gasteiger partial charge in [0.2, 0.25) is 0 Å². The van der Waals surface area contributed by atoms with Gasteiger partial charge in [0, 0.05) is 0 Å². The van der Waals surface area contributed by atoms with Crippen LogP contribution in [0.5, 0.6) is 23.0 Å². The van der Waals surface area contributed by atoms with Crippen molar-refractivity contribution in [3.63, 3.8) is 0 Å². The second kappa shape index (κ2) is 11.6. The Morgan fingerprint density at radius 3 is 1.48 bits per heavy atom. The zero-order chi connectivity index (χ0) is 21.2. The molecule has 5 heteroatoms. The maximum absolute atomic E-state index is 9.83. The molecule has 2 aromatic rings. The normalized spacial score (nSPS) is 13.1. The summed E-state index contributed by atoms with van der Waals surface area (Å²) in [5.74, 6) is 1.27. The van der Waals surface area contributed by atoms with Gasteiger partial charge in [-0.05, 0) is 61.1 Å². The Morgan fingerprint density at radius 1 is 0.724 bits per heavy atom. The summed E-state index contributed by atoms with van der Waals surface area (Å²) < 4.78 is 17.0. The average Bonchev–Trinajstić information content (AvgIpc) is 2.71. The third-order valence-corrected chi connectivity index (χ3v) is 5.02. The first kappa shape index (κ1) is 22.9. The van der Waals surface area contributed by atoms with Crippen molar-refractivity contribution in [1.29, 1.82) is 0 Å². The monoisotopic (exact) mass is 402 g/mol. The molecule has 0 radical (unpaired) electrons. The molecule has 0 aliphatic heterocycles. The molecule has 0 aliphatic carbocycles. The van der Waals surface area contributed by atoms with Crippen LogP contribution in [0.25, 0.3) is 0 Å². The molecule has 2 rings (SSSR count). The number of phenolic OH excluding ortho intramolecular Hbond substituents is 2. The molecule has 0 saturated carbocycles. The third kappa shape index (κ3) is 6.86. The minimum Gasteiger partial charge on any atom is -0.504 e. The van der Waals surface area contributed by atoms with Gasteiger partial charge in [-0.25, -0.2) is 0 Å². The van der Waals surface area contributed by atoms with Crippen molar-refractivity contribution in [2.75, 3.05) is 14.2 Å². The highest BCUT2D eigenvalue weighted by atomic mass is 16.5. The summed E-state index contributed by atoms with van der Waals surface area (Å²) >= 11 is 0. The second-order valence-electron chi connectivity index (χ2n) is 7.38. The van der Waals surface area contributed by atoms with Crippen molar-refractivity contribution in [3.05, 3.63) is 47.5 Å². The van der Waals surface area contributed by atoms with Crippen LogP contribution in [0.3, 0.4) is 0 Å². The van der Waals surface area contributed by atoms with E-state index in [2.05, 4.69) is 13.8 Å². The number of ether oxygens (including phenoxy) is 3. The molecule has 160 valence electrons. The van der Waals surface area contributed by atoms with E-state index < -0.39 is 0 Å². The number of hydrogen-bond acceptors (Lipinski definition) is 5. The molecule has 2 unspecified atom stereocenters. The number of phenols is 2. The standard InChI is InChI=1S/C24H34O5/c1-5-7-19(13-17-9-11-21(25)23(15-17)27-3)29-20(8-6-2)14-18-10-12-22(26)24(16-18)28-4/h9-12,15-16,19-20,25-26H,5-8,13-14H2,1-4H3. The van der Waals surface area contributed by atoms with Gasteiger partial charge in [-0.1, -0.05) is 38.8 Å². The highest BCUT2D eigenvalue weighted by Gasteiger charge is 2.18. The zero-order valence-electron chi connectivity index (χ0n) is 18.0. The van der Waals surface area contributed by atoms with E-state index in [0.29, 0.717) is 11.5 Å². The predicted octanol–water partition coefficient (Wildman–Crippen LogP) is 5.25. The van der Waals surface area contributed by atoms with Gasteiger partial charge in [0.15, 0.2) is 23.0 Å². The van der Waals surface area contributed by atoms with Crippen LogP contribution in [0.1, 0.15) is 50.7 Å². The maximum Gasteiger partial charge on any atom is 0.160 e. The number of rotatable bonds is 12. The van der Waals surface area contributed by atoms with Gasteiger partial charge in [0.1, 0.15) is 0 Å². The molecule has 0 amide bonds. The summed E-state index contributed by atoms with van der Waals surface area (Å²) in [4.78, 5) is 0. The fourth-order valence-corrected chi connectivity index (χ4v) is 3.58. The molecule has 0 bridgehead atoms. The fourth-order valence-electron chi connectivity index (χ4n) is 3.58. The van der Waals surface area contributed by atoms with Crippen molar-refractivity contribution in [2.45, 2.75) is 64.6 Å². The minimum absolute atomic E-state index is 0.0878. The molecule has 0 saturated heterocycles. The SMILES string of the molecule is CCCC(Cc1ccc(O)c(OC)c1)OC(CCC)Cc1ccc(O)c(OC)c1. The maximum atomic E-state index is 9.83. The fraction of sp³-hybridized carbons (Fsp3) is 0.500. The quantitative estimate of drug-likeness (QED) is 0.507. The Kier molecular flexibility index (Phi) is 9.13. The molecule has 2 aromatic carbocycles. The molecule has 0 aliphatic rings. The first-order valence-electron chi connectivity index (χ1n) is 10.4. The third-order valence-electron chi connectivity index (χ3n) is 5.02. The summed E-state index contributed by atoms with van der Waals surface area (Å²) in [5.41, 5.74) is 2.17. The number of methoxy groups -OCH3 is 2. The van der Waals surface area contributed by atoms with Crippen molar-refractivity contribution >= 4 is 0 Å². The van der Waals surface area contributed by atoms with Gasteiger partial charge in [0.05, 0.1) is 26.4 Å². The van der Waals surface area contributed by atoms with Gasteiger partial charge in [-0.15, -0.1) is 0 Å². The van der Waals surface area contributed by atoms with E-state index in [1.165, 1.54) is 0 Å². The van der Waals surface area contributed by atoms with Gasteiger partial charge in [-0.2, -0.15) is 0 Å². The van der Waals surface area contributed by atoms with Crippen LogP contribution in [0.4, 0.5) is 0 Å². The molecule has 2 atom stereocenters. The molecule has 0 spiro atoms. The van der Waals surface area contributed by atoms with Crippen LogP contribution in [0.15, 0.2) is 36.4 Å². The molecule has 0 fully saturated rings. The van der Waals surface area contributed by atoms with E-state index in [1.54, 1.807) is 26.4 Å². The topological polar surface area (TPSA) is 68.2 Å². The van der Waals surface area contributed by atoms with E-state index in [4.69, 9.17) is 14.2 Å². The first-order valence-corrected chi connectivity index (χ1v) is 10.4. The van der Waals surface area contributed by atoms with Crippen molar-refractivity contribution < 1.29 is 24.4 Å². The Balaban J connectivity index is 2.11. The summed E-state index contributed by atoms with van der Waals surface area (Å²) in [6.45, 7) is 4.32. The smallest absolute Gasteiger partial charge is 0.160 e. The van der Waals surface area contributed by atoms with E-state index >= 15 is 0 Å². The molecule has 29 heavy (non-hydrogen) atoms. The highest BCUT2D eigenvalue weighted by Crippen LogP contribution is 2.29. The average molecular weight is 403 g/mol. The minimum atomic E-state index is 0.0878. The van der Waals surface area contributed by atoms with E-state index in [1.807, 2.05) is 24.3 Å². The Hall–Kier alpha value is -2.40. The Labute approximate surface area is 174 Å². The lowest BCUT2D eigenvalue weighted by Gasteiger charge is -2.25. The number of aromatic hydroxyl groups is 2. The van der Waals surface area contributed by atoms with Gasteiger partial charge >= 0.3 is 0 Å².